The van der Waals surface area contributed by atoms with Gasteiger partial charge in [-0.2, -0.15) is 0 Å². The zero-order valence-electron chi connectivity index (χ0n) is 16.3. The van der Waals surface area contributed by atoms with Crippen LogP contribution in [0.15, 0.2) is 23.3 Å². The summed E-state index contributed by atoms with van der Waals surface area (Å²) in [6, 6.07) is 0. The number of hydrogen-bond donors (Lipinski definition) is 0. The predicted octanol–water partition coefficient (Wildman–Crippen LogP) is 4.23. The van der Waals surface area contributed by atoms with Crippen LogP contribution in [0.5, 0.6) is 0 Å². The first-order valence-corrected chi connectivity index (χ1v) is 11.1. The molecule has 6 aliphatic carbocycles. The molecule has 5 fully saturated rings. The lowest BCUT2D eigenvalue weighted by atomic mass is 9.45. The molecule has 3 heteroatoms. The van der Waals surface area contributed by atoms with Crippen LogP contribution in [0.4, 0.5) is 0 Å². The van der Waals surface area contributed by atoms with Gasteiger partial charge < -0.3 is 4.74 Å². The summed E-state index contributed by atoms with van der Waals surface area (Å²) in [6.07, 6.45) is 11.5. The normalized spacial score (nSPS) is 59.0. The van der Waals surface area contributed by atoms with Crippen LogP contribution in [-0.2, 0) is 14.3 Å². The average molecular weight is 364 g/mol. The zero-order chi connectivity index (χ0) is 18.3. The molecule has 1 saturated heterocycles. The van der Waals surface area contributed by atoms with Gasteiger partial charge in [0.15, 0.2) is 5.78 Å². The molecule has 1 unspecified atom stereocenters. The molecule has 0 amide bonds. The Balaban J connectivity index is 1.34. The fourth-order valence-electron chi connectivity index (χ4n) is 9.09. The molecule has 0 aromatic rings. The van der Waals surface area contributed by atoms with Crippen LogP contribution in [0.1, 0.15) is 58.8 Å². The van der Waals surface area contributed by atoms with Crippen molar-refractivity contribution in [3.63, 3.8) is 0 Å². The highest BCUT2D eigenvalue weighted by Gasteiger charge is 2.78. The van der Waals surface area contributed by atoms with Crippen molar-refractivity contribution in [2.45, 2.75) is 64.4 Å². The van der Waals surface area contributed by atoms with Crippen LogP contribution < -0.4 is 0 Å². The summed E-state index contributed by atoms with van der Waals surface area (Å²) < 4.78 is 6.16. The molecule has 3 nitrogen and oxygen atoms in total. The Kier molecular flexibility index (Phi) is 2.46. The third kappa shape index (κ3) is 1.53. The molecule has 1 heterocycles. The van der Waals surface area contributed by atoms with Crippen molar-refractivity contribution in [2.24, 2.45) is 46.3 Å². The molecule has 0 N–H and O–H groups in total. The topological polar surface area (TPSA) is 43.4 Å². The van der Waals surface area contributed by atoms with E-state index in [4.69, 9.17) is 4.74 Å². The minimum atomic E-state index is -0.223. The number of hydrogen-bond acceptors (Lipinski definition) is 3. The molecular formula is C24H28O3. The van der Waals surface area contributed by atoms with E-state index in [1.54, 1.807) is 5.57 Å². The van der Waals surface area contributed by atoms with E-state index in [1.807, 2.05) is 6.08 Å². The van der Waals surface area contributed by atoms with Crippen molar-refractivity contribution >= 4 is 11.8 Å². The minimum Gasteiger partial charge on any atom is -0.457 e. The van der Waals surface area contributed by atoms with E-state index in [1.165, 1.54) is 24.8 Å². The van der Waals surface area contributed by atoms with Gasteiger partial charge in [0.1, 0.15) is 5.60 Å². The number of carbonyl (C=O) groups is 2. The molecule has 0 radical (unpaired) electrons. The third-order valence-corrected chi connectivity index (χ3v) is 10.4. The fourth-order valence-corrected chi connectivity index (χ4v) is 9.09. The summed E-state index contributed by atoms with van der Waals surface area (Å²) in [5, 5.41) is 0. The maximum atomic E-state index is 12.1. The zero-order valence-corrected chi connectivity index (χ0v) is 16.3. The summed E-state index contributed by atoms with van der Waals surface area (Å²) in [7, 11) is 0. The van der Waals surface area contributed by atoms with Crippen molar-refractivity contribution in [2.75, 3.05) is 0 Å². The second-order valence-corrected chi connectivity index (χ2v) is 11.1. The van der Waals surface area contributed by atoms with Gasteiger partial charge in [0.25, 0.3) is 0 Å². The van der Waals surface area contributed by atoms with E-state index in [9.17, 15) is 9.59 Å². The number of carbonyl (C=O) groups excluding carboxylic acids is 2. The van der Waals surface area contributed by atoms with Gasteiger partial charge in [-0.1, -0.05) is 31.1 Å². The Morgan fingerprint density at radius 3 is 2.74 bits per heavy atom. The van der Waals surface area contributed by atoms with Crippen LogP contribution in [0.25, 0.3) is 0 Å². The van der Waals surface area contributed by atoms with Crippen molar-refractivity contribution in [3.8, 4) is 0 Å². The predicted molar refractivity (Wildman–Crippen MR) is 99.5 cm³/mol. The van der Waals surface area contributed by atoms with E-state index in [-0.39, 0.29) is 22.4 Å². The van der Waals surface area contributed by atoms with E-state index in [2.05, 4.69) is 19.9 Å². The second kappa shape index (κ2) is 4.28. The monoisotopic (exact) mass is 364 g/mol. The second-order valence-electron chi connectivity index (χ2n) is 11.1. The lowest BCUT2D eigenvalue weighted by Crippen LogP contribution is -2.56. The SMILES string of the molecule is C[C@]12CCC(=O)C=C1[C@@H]1C[C@@H]1[C@@H]1[C@@H]2CC[C@@]2(C)[C@H]1C1=C[C@@H]1C21CCC(=O)O1. The molecule has 1 aliphatic heterocycles. The summed E-state index contributed by atoms with van der Waals surface area (Å²) in [5.41, 5.74) is 3.28. The van der Waals surface area contributed by atoms with Crippen LogP contribution >= 0.6 is 0 Å². The Bertz CT molecular complexity index is 882. The minimum absolute atomic E-state index is 0.0227. The highest BCUT2D eigenvalue weighted by Crippen LogP contribution is 2.80. The standard InChI is InChI=1S/C24H28O3/c1-22-6-3-12(25)9-17(22)13-10-14(13)20-16(22)4-7-23(2)21(20)15-11-18(15)24(23)8-5-19(26)27-24/h9,11,13-14,16,18,20-21H,3-8,10H2,1-2H3/t13-,14+,16+,18+,20-,21+,22-,23+,24?/m1/s1. The summed E-state index contributed by atoms with van der Waals surface area (Å²) in [6.45, 7) is 4.92. The number of esters is 1. The molecule has 4 saturated carbocycles. The van der Waals surface area contributed by atoms with E-state index >= 15 is 0 Å². The first-order valence-electron chi connectivity index (χ1n) is 11.1. The maximum Gasteiger partial charge on any atom is 0.306 e. The van der Waals surface area contributed by atoms with Crippen molar-refractivity contribution in [1.29, 1.82) is 0 Å². The number of ketones is 1. The Morgan fingerprint density at radius 1 is 1.11 bits per heavy atom. The molecule has 142 valence electrons. The highest BCUT2D eigenvalue weighted by atomic mass is 16.6. The summed E-state index contributed by atoms with van der Waals surface area (Å²) in [4.78, 5) is 24.3. The Labute approximate surface area is 160 Å². The fraction of sp³-hybridized carbons (Fsp3) is 0.750. The average Bonchev–Trinajstić information content (AvgIpc) is 3.53. The number of allylic oxidation sites excluding steroid dienone is 1. The number of rotatable bonds is 0. The van der Waals surface area contributed by atoms with E-state index in [0.717, 1.165) is 31.1 Å². The smallest absolute Gasteiger partial charge is 0.306 e. The van der Waals surface area contributed by atoms with Crippen LogP contribution in [-0.4, -0.2) is 17.4 Å². The maximum absolute atomic E-state index is 12.1. The lowest BCUT2D eigenvalue weighted by molar-refractivity contribution is -0.173. The first kappa shape index (κ1) is 15.5. The van der Waals surface area contributed by atoms with Crippen molar-refractivity contribution in [3.05, 3.63) is 23.3 Å². The molecule has 0 bridgehead atoms. The lowest BCUT2D eigenvalue weighted by Gasteiger charge is -2.59. The van der Waals surface area contributed by atoms with Crippen molar-refractivity contribution < 1.29 is 14.3 Å². The first-order chi connectivity index (χ1) is 12.9. The third-order valence-electron chi connectivity index (χ3n) is 10.4. The molecule has 7 aliphatic rings. The van der Waals surface area contributed by atoms with Crippen LogP contribution in [0.2, 0.25) is 0 Å². The molecule has 27 heavy (non-hydrogen) atoms. The summed E-state index contributed by atoms with van der Waals surface area (Å²) in [5.74, 6) is 4.28. The van der Waals surface area contributed by atoms with Gasteiger partial charge in [0.05, 0.1) is 0 Å². The van der Waals surface area contributed by atoms with Crippen molar-refractivity contribution in [1.82, 2.24) is 0 Å². The van der Waals surface area contributed by atoms with E-state index in [0.29, 0.717) is 35.9 Å². The van der Waals surface area contributed by atoms with Gasteiger partial charge in [-0.3, -0.25) is 9.59 Å². The molecular weight excluding hydrogens is 336 g/mol. The summed E-state index contributed by atoms with van der Waals surface area (Å²) >= 11 is 0. The van der Waals surface area contributed by atoms with Gasteiger partial charge in [-0.05, 0) is 73.2 Å². The van der Waals surface area contributed by atoms with Gasteiger partial charge in [-0.25, -0.2) is 0 Å². The quantitative estimate of drug-likeness (QED) is 0.477. The Morgan fingerprint density at radius 2 is 1.96 bits per heavy atom. The Hall–Kier alpha value is -1.38. The molecule has 0 aromatic carbocycles. The van der Waals surface area contributed by atoms with Gasteiger partial charge >= 0.3 is 5.97 Å². The van der Waals surface area contributed by atoms with Crippen LogP contribution in [0, 0.1) is 46.3 Å². The van der Waals surface area contributed by atoms with E-state index < -0.39 is 0 Å². The van der Waals surface area contributed by atoms with Gasteiger partial charge in [-0.15, -0.1) is 0 Å². The largest absolute Gasteiger partial charge is 0.457 e. The molecule has 1 spiro atoms. The molecule has 7 rings (SSSR count). The number of fused-ring (bicyclic) bond motifs is 12. The number of ether oxygens (including phenoxy) is 1. The van der Waals surface area contributed by atoms with Gasteiger partial charge in [0, 0.05) is 24.2 Å². The van der Waals surface area contributed by atoms with Gasteiger partial charge in [0.2, 0.25) is 0 Å². The highest BCUT2D eigenvalue weighted by molar-refractivity contribution is 5.92. The molecule has 0 aromatic heterocycles. The molecule has 9 atom stereocenters. The van der Waals surface area contributed by atoms with Crippen LogP contribution in [0.3, 0.4) is 0 Å².